The molecular weight excluding hydrogens is 300 g/mol. The summed E-state index contributed by atoms with van der Waals surface area (Å²) in [6.45, 7) is 6.43. The minimum Gasteiger partial charge on any atom is -0.449 e. The van der Waals surface area contributed by atoms with E-state index in [9.17, 15) is 9.59 Å². The Morgan fingerprint density at radius 3 is 2.61 bits per heavy atom. The molecule has 0 saturated heterocycles. The van der Waals surface area contributed by atoms with Gasteiger partial charge in [-0.3, -0.25) is 0 Å². The first-order valence-corrected chi connectivity index (χ1v) is 7.30. The molecule has 0 bridgehead atoms. The van der Waals surface area contributed by atoms with E-state index in [1.165, 1.54) is 6.07 Å². The lowest BCUT2D eigenvalue weighted by Crippen LogP contribution is -2.39. The molecule has 2 rings (SSSR count). The molecular formula is C16H20N2O5. The van der Waals surface area contributed by atoms with Gasteiger partial charge >= 0.3 is 12.2 Å². The largest absolute Gasteiger partial charge is 0.512 e. The van der Waals surface area contributed by atoms with Crippen LogP contribution in [-0.4, -0.2) is 45.9 Å². The zero-order valence-corrected chi connectivity index (χ0v) is 13.4. The third-order valence-electron chi connectivity index (χ3n) is 3.11. The highest BCUT2D eigenvalue weighted by atomic mass is 16.7. The smallest absolute Gasteiger partial charge is 0.449 e. The van der Waals surface area contributed by atoms with E-state index < -0.39 is 11.8 Å². The van der Waals surface area contributed by atoms with Gasteiger partial charge in [0, 0.05) is 19.2 Å². The average molecular weight is 320 g/mol. The minimum atomic E-state index is -1.40. The van der Waals surface area contributed by atoms with Crippen LogP contribution in [0.2, 0.25) is 0 Å². The Balaban J connectivity index is 2.04. The van der Waals surface area contributed by atoms with Gasteiger partial charge in [0.25, 0.3) is 0 Å². The van der Waals surface area contributed by atoms with E-state index >= 15 is 0 Å². The third kappa shape index (κ3) is 4.98. The number of carbonyl (C=O) groups excluding carboxylic acids is 1. The van der Waals surface area contributed by atoms with Gasteiger partial charge in [-0.15, -0.1) is 0 Å². The Morgan fingerprint density at radius 2 is 2.04 bits per heavy atom. The topological polar surface area (TPSA) is 89.0 Å². The highest BCUT2D eigenvalue weighted by molar-refractivity contribution is 5.72. The molecule has 0 atom stereocenters. The maximum Gasteiger partial charge on any atom is 0.512 e. The lowest BCUT2D eigenvalue weighted by molar-refractivity contribution is 0.0270. The molecule has 1 amide bonds. The molecule has 1 N–H and O–H groups in total. The second-order valence-electron chi connectivity index (χ2n) is 6.13. The van der Waals surface area contributed by atoms with Gasteiger partial charge in [-0.25, -0.2) is 14.6 Å². The summed E-state index contributed by atoms with van der Waals surface area (Å²) < 4.78 is 9.89. The van der Waals surface area contributed by atoms with E-state index in [2.05, 4.69) is 9.72 Å². The summed E-state index contributed by atoms with van der Waals surface area (Å²) in [6.07, 6.45) is 0.760. The molecule has 2 heterocycles. The zero-order valence-electron chi connectivity index (χ0n) is 13.4. The minimum absolute atomic E-state index is 0.0328. The summed E-state index contributed by atoms with van der Waals surface area (Å²) in [5.41, 5.74) is 1.07. The molecule has 0 spiro atoms. The number of pyridine rings is 1. The Morgan fingerprint density at radius 1 is 1.30 bits per heavy atom. The summed E-state index contributed by atoms with van der Waals surface area (Å²) in [6, 6.07) is 4.94. The fraction of sp³-hybridized carbons (Fsp3) is 0.438. The first kappa shape index (κ1) is 16.8. The molecule has 0 aromatic carbocycles. The van der Waals surface area contributed by atoms with Gasteiger partial charge in [0.15, 0.2) is 0 Å². The molecule has 1 aromatic rings. The molecule has 7 nitrogen and oxygen atoms in total. The quantitative estimate of drug-likeness (QED) is 0.842. The van der Waals surface area contributed by atoms with Gasteiger partial charge in [0.05, 0.1) is 5.69 Å². The van der Waals surface area contributed by atoms with Crippen molar-refractivity contribution in [3.8, 4) is 5.88 Å². The number of ether oxygens (including phenoxy) is 2. The van der Waals surface area contributed by atoms with Crippen molar-refractivity contribution in [2.45, 2.75) is 32.8 Å². The molecule has 1 aromatic heterocycles. The summed E-state index contributed by atoms with van der Waals surface area (Å²) in [5, 5.41) is 8.62. The number of nitrogens with zero attached hydrogens (tertiary/aromatic N) is 2. The molecule has 0 radical (unpaired) electrons. The van der Waals surface area contributed by atoms with Crippen LogP contribution in [0.15, 0.2) is 24.3 Å². The van der Waals surface area contributed by atoms with Crippen LogP contribution < -0.4 is 4.74 Å². The summed E-state index contributed by atoms with van der Waals surface area (Å²) >= 11 is 0. The fourth-order valence-corrected chi connectivity index (χ4v) is 2.13. The zero-order chi connectivity index (χ0) is 17.0. The normalized spacial score (nSPS) is 14.9. The van der Waals surface area contributed by atoms with Gasteiger partial charge in [-0.2, -0.15) is 0 Å². The number of rotatable bonds is 2. The van der Waals surface area contributed by atoms with Gasteiger partial charge in [0.1, 0.15) is 5.60 Å². The number of hydrogen-bond donors (Lipinski definition) is 1. The van der Waals surface area contributed by atoms with Crippen molar-refractivity contribution < 1.29 is 24.2 Å². The number of hydrogen-bond acceptors (Lipinski definition) is 5. The Bertz CT molecular complexity index is 634. The van der Waals surface area contributed by atoms with Gasteiger partial charge in [-0.05, 0) is 38.8 Å². The van der Waals surface area contributed by atoms with E-state index in [4.69, 9.17) is 9.84 Å². The van der Waals surface area contributed by atoms with Crippen molar-refractivity contribution in [3.63, 3.8) is 0 Å². The molecule has 7 heteroatoms. The first-order chi connectivity index (χ1) is 10.7. The monoisotopic (exact) mass is 320 g/mol. The number of amides is 1. The predicted octanol–water partition coefficient (Wildman–Crippen LogP) is 3.16. The van der Waals surface area contributed by atoms with Crippen molar-refractivity contribution in [3.05, 3.63) is 30.0 Å². The van der Waals surface area contributed by atoms with Crippen molar-refractivity contribution in [2.75, 3.05) is 13.1 Å². The lowest BCUT2D eigenvalue weighted by Gasteiger charge is -2.29. The maximum absolute atomic E-state index is 12.0. The molecule has 0 fully saturated rings. The molecule has 23 heavy (non-hydrogen) atoms. The van der Waals surface area contributed by atoms with Crippen molar-refractivity contribution in [2.24, 2.45) is 0 Å². The van der Waals surface area contributed by atoms with E-state index in [0.717, 1.165) is 5.57 Å². The van der Waals surface area contributed by atoms with Crippen LogP contribution in [0.3, 0.4) is 0 Å². The molecule has 0 aliphatic carbocycles. The molecule has 124 valence electrons. The van der Waals surface area contributed by atoms with Crippen molar-refractivity contribution in [1.29, 1.82) is 0 Å². The SMILES string of the molecule is CC(C)(C)OC(=O)N1CC=C(c2cccc(OC(=O)O)n2)CC1. The third-order valence-corrected chi connectivity index (χ3v) is 3.11. The molecule has 0 saturated carbocycles. The first-order valence-electron chi connectivity index (χ1n) is 7.30. The van der Waals surface area contributed by atoms with E-state index in [1.54, 1.807) is 17.0 Å². The second kappa shape index (κ2) is 6.68. The summed E-state index contributed by atoms with van der Waals surface area (Å²) in [4.78, 5) is 28.3. The van der Waals surface area contributed by atoms with Crippen LogP contribution in [0.25, 0.3) is 5.57 Å². The second-order valence-corrected chi connectivity index (χ2v) is 6.13. The predicted molar refractivity (Wildman–Crippen MR) is 83.3 cm³/mol. The fourth-order valence-electron chi connectivity index (χ4n) is 2.13. The van der Waals surface area contributed by atoms with Crippen LogP contribution in [0.4, 0.5) is 9.59 Å². The number of carbonyl (C=O) groups is 2. The Hall–Kier alpha value is -2.57. The highest BCUT2D eigenvalue weighted by Crippen LogP contribution is 2.23. The van der Waals surface area contributed by atoms with E-state index in [1.807, 2.05) is 26.8 Å². The van der Waals surface area contributed by atoms with Crippen molar-refractivity contribution in [1.82, 2.24) is 9.88 Å². The van der Waals surface area contributed by atoms with E-state index in [-0.39, 0.29) is 12.0 Å². The highest BCUT2D eigenvalue weighted by Gasteiger charge is 2.24. The average Bonchev–Trinajstić information content (AvgIpc) is 2.45. The van der Waals surface area contributed by atoms with Crippen LogP contribution in [0.5, 0.6) is 5.88 Å². The summed E-state index contributed by atoms with van der Waals surface area (Å²) in [7, 11) is 0. The Kier molecular flexibility index (Phi) is 4.88. The Labute approximate surface area is 134 Å². The van der Waals surface area contributed by atoms with Crippen LogP contribution in [-0.2, 0) is 4.74 Å². The number of aromatic nitrogens is 1. The van der Waals surface area contributed by atoms with Gasteiger partial charge in [0.2, 0.25) is 5.88 Å². The van der Waals surface area contributed by atoms with Crippen LogP contribution >= 0.6 is 0 Å². The van der Waals surface area contributed by atoms with Gasteiger partial charge < -0.3 is 19.5 Å². The summed E-state index contributed by atoms with van der Waals surface area (Å²) in [5.74, 6) is 0.0328. The van der Waals surface area contributed by atoms with E-state index in [0.29, 0.717) is 25.2 Å². The van der Waals surface area contributed by atoms with Gasteiger partial charge in [-0.1, -0.05) is 12.1 Å². The molecule has 1 aliphatic rings. The van der Waals surface area contributed by atoms with Crippen LogP contribution in [0, 0.1) is 0 Å². The number of carboxylic acid groups (broad SMARTS) is 1. The van der Waals surface area contributed by atoms with Crippen molar-refractivity contribution >= 4 is 17.8 Å². The maximum atomic E-state index is 12.0. The standard InChI is InChI=1S/C16H20N2O5/c1-16(2,3)23-14(19)18-9-7-11(8-10-18)12-5-4-6-13(17-12)22-15(20)21/h4-7H,8-10H2,1-3H3,(H,20,21). The lowest BCUT2D eigenvalue weighted by atomic mass is 10.0. The molecule has 1 aliphatic heterocycles. The van der Waals surface area contributed by atoms with Crippen LogP contribution in [0.1, 0.15) is 32.9 Å². The molecule has 0 unspecified atom stereocenters.